The van der Waals surface area contributed by atoms with Crippen molar-refractivity contribution in [3.8, 4) is 5.88 Å². The predicted octanol–water partition coefficient (Wildman–Crippen LogP) is 3.56. The summed E-state index contributed by atoms with van der Waals surface area (Å²) in [6.45, 7) is 0. The molecule has 0 unspecified atom stereocenters. The number of nitrogens with zero attached hydrogens (tertiary/aromatic N) is 1. The second-order valence-electron chi connectivity index (χ2n) is 5.13. The molecule has 1 fully saturated rings. The SMILES string of the molecule is COc1nc2ccccc2c(NC2CC2)c1C(=O)C(F)(F)F. The molecule has 0 spiro atoms. The maximum atomic E-state index is 12.9. The molecule has 116 valence electrons. The third-order valence-corrected chi connectivity index (χ3v) is 3.46. The largest absolute Gasteiger partial charge is 0.480 e. The first kappa shape index (κ1) is 14.6. The number of carbonyl (C=O) groups excluding carboxylic acids is 1. The molecule has 22 heavy (non-hydrogen) atoms. The molecule has 1 aliphatic carbocycles. The Bertz CT molecular complexity index is 739. The average Bonchev–Trinajstić information content (AvgIpc) is 3.29. The molecule has 1 saturated carbocycles. The Morgan fingerprint density at radius 3 is 2.59 bits per heavy atom. The maximum absolute atomic E-state index is 12.9. The predicted molar refractivity (Wildman–Crippen MR) is 75.3 cm³/mol. The zero-order valence-corrected chi connectivity index (χ0v) is 11.7. The van der Waals surface area contributed by atoms with Gasteiger partial charge in [0, 0.05) is 11.4 Å². The number of aromatic nitrogens is 1. The zero-order chi connectivity index (χ0) is 15.9. The first-order chi connectivity index (χ1) is 10.4. The summed E-state index contributed by atoms with van der Waals surface area (Å²) in [6, 6.07) is 6.80. The smallest absolute Gasteiger partial charge is 0.455 e. The molecule has 4 nitrogen and oxygen atoms in total. The quantitative estimate of drug-likeness (QED) is 0.877. The molecule has 0 atom stereocenters. The normalized spacial score (nSPS) is 14.9. The van der Waals surface area contributed by atoms with Crippen LogP contribution < -0.4 is 10.1 Å². The van der Waals surface area contributed by atoms with Crippen molar-refractivity contribution in [3.05, 3.63) is 29.8 Å². The van der Waals surface area contributed by atoms with Crippen molar-refractivity contribution in [2.75, 3.05) is 12.4 Å². The summed E-state index contributed by atoms with van der Waals surface area (Å²) in [5, 5.41) is 3.49. The minimum atomic E-state index is -4.99. The Morgan fingerprint density at radius 1 is 1.32 bits per heavy atom. The van der Waals surface area contributed by atoms with E-state index >= 15 is 0 Å². The maximum Gasteiger partial charge on any atom is 0.455 e. The Morgan fingerprint density at radius 2 is 2.00 bits per heavy atom. The van der Waals surface area contributed by atoms with E-state index in [-0.39, 0.29) is 17.6 Å². The number of Topliss-reactive ketones (excluding diaryl/α,β-unsaturated/α-hetero) is 1. The van der Waals surface area contributed by atoms with Crippen molar-refractivity contribution >= 4 is 22.4 Å². The van der Waals surface area contributed by atoms with Crippen molar-refractivity contribution < 1.29 is 22.7 Å². The molecule has 0 amide bonds. The van der Waals surface area contributed by atoms with Gasteiger partial charge in [-0.05, 0) is 18.9 Å². The second kappa shape index (κ2) is 5.15. The number of hydrogen-bond donors (Lipinski definition) is 1. The van der Waals surface area contributed by atoms with E-state index in [4.69, 9.17) is 4.74 Å². The molecule has 7 heteroatoms. The van der Waals surface area contributed by atoms with Crippen LogP contribution in [-0.2, 0) is 0 Å². The van der Waals surface area contributed by atoms with E-state index in [1.54, 1.807) is 24.3 Å². The van der Waals surface area contributed by atoms with Gasteiger partial charge in [-0.3, -0.25) is 4.79 Å². The van der Waals surface area contributed by atoms with Gasteiger partial charge in [0.1, 0.15) is 5.56 Å². The molecule has 1 aromatic heterocycles. The lowest BCUT2D eigenvalue weighted by molar-refractivity contribution is -0.0886. The van der Waals surface area contributed by atoms with Gasteiger partial charge in [0.15, 0.2) is 0 Å². The summed E-state index contributed by atoms with van der Waals surface area (Å²) in [5.74, 6) is -2.27. The molecular formula is C15H13F3N2O2. The number of nitrogens with one attached hydrogen (secondary N) is 1. The van der Waals surface area contributed by atoms with Crippen LogP contribution in [0.1, 0.15) is 23.2 Å². The van der Waals surface area contributed by atoms with Crippen LogP contribution in [0.15, 0.2) is 24.3 Å². The topological polar surface area (TPSA) is 51.2 Å². The fraction of sp³-hybridized carbons (Fsp3) is 0.333. The first-order valence-electron chi connectivity index (χ1n) is 6.76. The number of rotatable bonds is 4. The highest BCUT2D eigenvalue weighted by Gasteiger charge is 2.43. The number of halogens is 3. The van der Waals surface area contributed by atoms with Gasteiger partial charge < -0.3 is 10.1 Å². The molecule has 0 aliphatic heterocycles. The van der Waals surface area contributed by atoms with Gasteiger partial charge in [-0.25, -0.2) is 4.98 Å². The third kappa shape index (κ3) is 2.58. The van der Waals surface area contributed by atoms with E-state index < -0.39 is 17.5 Å². The number of hydrogen-bond acceptors (Lipinski definition) is 4. The van der Waals surface area contributed by atoms with E-state index in [1.165, 1.54) is 7.11 Å². The van der Waals surface area contributed by atoms with Gasteiger partial charge in [0.25, 0.3) is 5.78 Å². The van der Waals surface area contributed by atoms with Crippen molar-refractivity contribution in [2.45, 2.75) is 25.1 Å². The van der Waals surface area contributed by atoms with Gasteiger partial charge in [-0.15, -0.1) is 0 Å². The van der Waals surface area contributed by atoms with E-state index in [9.17, 15) is 18.0 Å². The number of methoxy groups -OCH3 is 1. The number of anilines is 1. The number of para-hydroxylation sites is 1. The molecule has 1 aromatic carbocycles. The Kier molecular flexibility index (Phi) is 3.42. The molecule has 0 saturated heterocycles. The summed E-state index contributed by atoms with van der Waals surface area (Å²) in [6.07, 6.45) is -3.27. The molecule has 1 N–H and O–H groups in total. The average molecular weight is 310 g/mol. The highest BCUT2D eigenvalue weighted by molar-refractivity contribution is 6.12. The lowest BCUT2D eigenvalue weighted by Crippen LogP contribution is -2.25. The summed E-state index contributed by atoms with van der Waals surface area (Å²) < 4.78 is 43.7. The van der Waals surface area contributed by atoms with Gasteiger partial charge in [0.05, 0.1) is 18.3 Å². The Balaban J connectivity index is 2.28. The van der Waals surface area contributed by atoms with Crippen LogP contribution in [0.25, 0.3) is 10.9 Å². The fourth-order valence-electron chi connectivity index (χ4n) is 2.27. The van der Waals surface area contributed by atoms with Crippen LogP contribution in [0.5, 0.6) is 5.88 Å². The van der Waals surface area contributed by atoms with Gasteiger partial charge in [-0.2, -0.15) is 13.2 Å². The summed E-state index contributed by atoms with van der Waals surface area (Å²) >= 11 is 0. The van der Waals surface area contributed by atoms with Crippen LogP contribution in [-0.4, -0.2) is 30.1 Å². The van der Waals surface area contributed by atoms with Crippen LogP contribution in [0.2, 0.25) is 0 Å². The fourth-order valence-corrected chi connectivity index (χ4v) is 2.27. The van der Waals surface area contributed by atoms with Gasteiger partial charge in [-0.1, -0.05) is 18.2 Å². The molecule has 2 aromatic rings. The number of pyridine rings is 1. The highest BCUT2D eigenvalue weighted by atomic mass is 19.4. The van der Waals surface area contributed by atoms with Gasteiger partial charge >= 0.3 is 6.18 Å². The summed E-state index contributed by atoms with van der Waals surface area (Å²) in [5.41, 5.74) is 0.0640. The summed E-state index contributed by atoms with van der Waals surface area (Å²) in [7, 11) is 1.20. The number of alkyl halides is 3. The molecule has 3 rings (SSSR count). The van der Waals surface area contributed by atoms with Gasteiger partial charge in [0.2, 0.25) is 5.88 Å². The zero-order valence-electron chi connectivity index (χ0n) is 11.7. The third-order valence-electron chi connectivity index (χ3n) is 3.46. The minimum absolute atomic E-state index is 0.0790. The number of ketones is 1. The number of ether oxygens (including phenoxy) is 1. The monoisotopic (exact) mass is 310 g/mol. The van der Waals surface area contributed by atoms with Crippen LogP contribution in [0, 0.1) is 0 Å². The minimum Gasteiger partial charge on any atom is -0.480 e. The molecule has 1 heterocycles. The second-order valence-corrected chi connectivity index (χ2v) is 5.13. The standard InChI is InChI=1S/C15H13F3N2O2/c1-22-14-11(13(21)15(16,17)18)12(19-8-6-7-8)9-4-2-3-5-10(9)20-14/h2-5,8H,6-7H2,1H3,(H,19,20). The molecular weight excluding hydrogens is 297 g/mol. The number of carbonyl (C=O) groups is 1. The summed E-state index contributed by atoms with van der Waals surface area (Å²) in [4.78, 5) is 15.9. The van der Waals surface area contributed by atoms with E-state index in [0.717, 1.165) is 12.8 Å². The van der Waals surface area contributed by atoms with Crippen molar-refractivity contribution in [3.63, 3.8) is 0 Å². The lowest BCUT2D eigenvalue weighted by atomic mass is 10.0. The van der Waals surface area contributed by atoms with Crippen LogP contribution >= 0.6 is 0 Å². The molecule has 0 radical (unpaired) electrons. The Labute approximate surface area is 124 Å². The van der Waals surface area contributed by atoms with E-state index in [1.807, 2.05) is 0 Å². The van der Waals surface area contributed by atoms with Crippen molar-refractivity contribution in [1.82, 2.24) is 4.98 Å². The molecule has 0 bridgehead atoms. The van der Waals surface area contributed by atoms with E-state index in [2.05, 4.69) is 10.3 Å². The van der Waals surface area contributed by atoms with Crippen LogP contribution in [0.3, 0.4) is 0 Å². The number of benzene rings is 1. The lowest BCUT2D eigenvalue weighted by Gasteiger charge is -2.17. The van der Waals surface area contributed by atoms with E-state index in [0.29, 0.717) is 10.9 Å². The van der Waals surface area contributed by atoms with Crippen molar-refractivity contribution in [2.24, 2.45) is 0 Å². The Hall–Kier alpha value is -2.31. The number of fused-ring (bicyclic) bond motifs is 1. The van der Waals surface area contributed by atoms with Crippen molar-refractivity contribution in [1.29, 1.82) is 0 Å². The molecule has 1 aliphatic rings. The first-order valence-corrected chi connectivity index (χ1v) is 6.76. The highest BCUT2D eigenvalue weighted by Crippen LogP contribution is 2.39. The van der Waals surface area contributed by atoms with Crippen LogP contribution in [0.4, 0.5) is 18.9 Å².